The number of phenolic OH excluding ortho intramolecular Hbond substituents is 1. The van der Waals surface area contributed by atoms with Gasteiger partial charge < -0.3 is 25.4 Å². The molecule has 0 fully saturated rings. The van der Waals surface area contributed by atoms with Crippen molar-refractivity contribution in [3.05, 3.63) is 65.2 Å². The van der Waals surface area contributed by atoms with Crippen LogP contribution in [0.5, 0.6) is 5.75 Å². The first-order valence-electron chi connectivity index (χ1n) is 13.8. The Bertz CT molecular complexity index is 1100. The minimum atomic E-state index is -0.972. The number of carbonyl (C=O) groups is 3. The average molecular weight is 540 g/mol. The van der Waals surface area contributed by atoms with Crippen molar-refractivity contribution >= 4 is 17.9 Å². The van der Waals surface area contributed by atoms with E-state index >= 15 is 0 Å². The summed E-state index contributed by atoms with van der Waals surface area (Å²) in [4.78, 5) is 42.5. The van der Waals surface area contributed by atoms with Crippen LogP contribution < -0.4 is 10.6 Å². The molecular weight excluding hydrogens is 494 g/mol. The Morgan fingerprint density at radius 2 is 1.72 bits per heavy atom. The van der Waals surface area contributed by atoms with Gasteiger partial charge in [0.1, 0.15) is 23.4 Å². The van der Waals surface area contributed by atoms with E-state index in [0.29, 0.717) is 24.1 Å². The highest BCUT2D eigenvalue weighted by molar-refractivity contribution is 5.92. The normalized spacial score (nSPS) is 13.6. The van der Waals surface area contributed by atoms with E-state index in [1.807, 2.05) is 51.1 Å². The van der Waals surface area contributed by atoms with E-state index in [-0.39, 0.29) is 30.0 Å². The first kappa shape index (κ1) is 31.7. The molecule has 0 bridgehead atoms. The molecular formula is C31H45N3O5. The van der Waals surface area contributed by atoms with Gasteiger partial charge in [0.15, 0.2) is 0 Å². The van der Waals surface area contributed by atoms with E-state index < -0.39 is 23.8 Å². The maximum Gasteiger partial charge on any atom is 0.408 e. The number of ether oxygens (including phenoxy) is 1. The number of unbranched alkanes of at least 4 members (excludes halogenated alkanes) is 1. The topological polar surface area (TPSA) is 108 Å². The van der Waals surface area contributed by atoms with Crippen LogP contribution in [-0.4, -0.2) is 52.1 Å². The van der Waals surface area contributed by atoms with Crippen molar-refractivity contribution in [1.82, 2.24) is 15.5 Å². The van der Waals surface area contributed by atoms with E-state index in [9.17, 15) is 19.5 Å². The molecule has 3 amide bonds. The minimum Gasteiger partial charge on any atom is -0.508 e. The summed E-state index contributed by atoms with van der Waals surface area (Å²) < 4.78 is 5.48. The molecule has 0 saturated heterocycles. The molecule has 2 aromatic rings. The third-order valence-electron chi connectivity index (χ3n) is 6.48. The molecule has 3 N–H and O–H groups in total. The summed E-state index contributed by atoms with van der Waals surface area (Å²) in [5, 5.41) is 15.9. The Balaban J connectivity index is 2.57. The lowest BCUT2D eigenvalue weighted by Gasteiger charge is -2.38. The maximum atomic E-state index is 14.4. The van der Waals surface area contributed by atoms with Gasteiger partial charge in [-0.15, -0.1) is 0 Å². The van der Waals surface area contributed by atoms with Gasteiger partial charge in [0, 0.05) is 19.0 Å². The summed E-state index contributed by atoms with van der Waals surface area (Å²) in [6, 6.07) is 12.1. The maximum absolute atomic E-state index is 14.4. The molecule has 2 rings (SSSR count). The number of phenols is 1. The second-order valence-electron chi connectivity index (χ2n) is 11.0. The molecule has 0 radical (unpaired) electrons. The largest absolute Gasteiger partial charge is 0.508 e. The van der Waals surface area contributed by atoms with Crippen molar-refractivity contribution in [2.75, 3.05) is 6.54 Å². The average Bonchev–Trinajstić information content (AvgIpc) is 2.87. The fourth-order valence-electron chi connectivity index (χ4n) is 4.25. The van der Waals surface area contributed by atoms with Gasteiger partial charge >= 0.3 is 6.09 Å². The number of carbonyl (C=O) groups excluding carboxylic acids is 3. The number of alkyl carbamates (subject to hydrolysis) is 1. The molecule has 8 nitrogen and oxygen atoms in total. The van der Waals surface area contributed by atoms with Crippen molar-refractivity contribution in [2.24, 2.45) is 0 Å². The van der Waals surface area contributed by atoms with Crippen molar-refractivity contribution in [3.63, 3.8) is 0 Å². The number of nitrogens with one attached hydrogen (secondary N) is 2. The number of nitrogens with zero attached hydrogens (tertiary/aromatic N) is 1. The fourth-order valence-corrected chi connectivity index (χ4v) is 4.25. The van der Waals surface area contributed by atoms with Crippen LogP contribution in [0.15, 0.2) is 48.5 Å². The molecule has 0 aromatic heterocycles. The molecule has 0 saturated carbocycles. The molecule has 214 valence electrons. The predicted octanol–water partition coefficient (Wildman–Crippen LogP) is 5.42. The predicted molar refractivity (Wildman–Crippen MR) is 153 cm³/mol. The second kappa shape index (κ2) is 14.6. The number of rotatable bonds is 12. The van der Waals surface area contributed by atoms with Gasteiger partial charge in [-0.3, -0.25) is 9.59 Å². The quantitative estimate of drug-likeness (QED) is 0.312. The van der Waals surface area contributed by atoms with Crippen LogP contribution in [-0.2, 0) is 20.7 Å². The Morgan fingerprint density at radius 1 is 1.05 bits per heavy atom. The zero-order chi connectivity index (χ0) is 29.2. The van der Waals surface area contributed by atoms with Crippen LogP contribution in [0, 0.1) is 6.92 Å². The monoisotopic (exact) mass is 539 g/mol. The Labute approximate surface area is 233 Å². The molecule has 0 aliphatic rings. The first-order chi connectivity index (χ1) is 18.4. The van der Waals surface area contributed by atoms with Crippen LogP contribution in [0.3, 0.4) is 0 Å². The lowest BCUT2D eigenvalue weighted by Crippen LogP contribution is -2.56. The lowest BCUT2D eigenvalue weighted by molar-refractivity contribution is -0.145. The highest BCUT2D eigenvalue weighted by Gasteiger charge is 2.38. The third kappa shape index (κ3) is 9.61. The van der Waals surface area contributed by atoms with E-state index in [2.05, 4.69) is 10.6 Å². The Kier molecular flexibility index (Phi) is 11.8. The number of amides is 3. The highest BCUT2D eigenvalue weighted by Crippen LogP contribution is 2.29. The van der Waals surface area contributed by atoms with Crippen LogP contribution in [0.2, 0.25) is 0 Å². The SMILES string of the molecule is CCCCNC(=O)C(c1ccc(O)c(C)c1)N(C(=O)C(Cc1ccccc1)NC(=O)OC(C)(C)C)C(C)CC. The number of benzene rings is 2. The smallest absolute Gasteiger partial charge is 0.408 e. The standard InChI is InChI=1S/C31H45N3O5/c1-8-10-18-32-28(36)27(24-16-17-26(35)21(3)19-24)34(22(4)9-2)29(37)25(20-23-14-12-11-13-15-23)33-30(38)39-31(5,6)7/h11-17,19,22,25,27,35H,8-10,18,20H2,1-7H3,(H,32,36)(H,33,38). The van der Waals surface area contributed by atoms with Crippen LogP contribution in [0.4, 0.5) is 4.79 Å². The molecule has 3 atom stereocenters. The fraction of sp³-hybridized carbons (Fsp3) is 0.516. The van der Waals surface area contributed by atoms with E-state index in [1.165, 1.54) is 6.07 Å². The molecule has 0 aliphatic carbocycles. The van der Waals surface area contributed by atoms with Gasteiger partial charge in [-0.25, -0.2) is 4.79 Å². The number of hydrogen-bond donors (Lipinski definition) is 3. The zero-order valence-electron chi connectivity index (χ0n) is 24.4. The molecule has 0 aliphatic heterocycles. The number of aryl methyl sites for hydroxylation is 1. The highest BCUT2D eigenvalue weighted by atomic mass is 16.6. The van der Waals surface area contributed by atoms with Crippen molar-refractivity contribution in [3.8, 4) is 5.75 Å². The lowest BCUT2D eigenvalue weighted by atomic mass is 9.96. The van der Waals surface area contributed by atoms with Crippen molar-refractivity contribution in [2.45, 2.75) is 97.9 Å². The van der Waals surface area contributed by atoms with Crippen LogP contribution in [0.25, 0.3) is 0 Å². The van der Waals surface area contributed by atoms with Gasteiger partial charge in [0.05, 0.1) is 0 Å². The number of aromatic hydroxyl groups is 1. The van der Waals surface area contributed by atoms with Gasteiger partial charge in [-0.2, -0.15) is 0 Å². The third-order valence-corrected chi connectivity index (χ3v) is 6.48. The Morgan fingerprint density at radius 3 is 2.28 bits per heavy atom. The van der Waals surface area contributed by atoms with Gasteiger partial charge in [-0.1, -0.05) is 56.7 Å². The van der Waals surface area contributed by atoms with Crippen molar-refractivity contribution < 1.29 is 24.2 Å². The zero-order valence-corrected chi connectivity index (χ0v) is 24.4. The first-order valence-corrected chi connectivity index (χ1v) is 13.8. The summed E-state index contributed by atoms with van der Waals surface area (Å²) >= 11 is 0. The molecule has 2 aromatic carbocycles. The Hall–Kier alpha value is -3.55. The van der Waals surface area contributed by atoms with E-state index in [4.69, 9.17) is 4.74 Å². The van der Waals surface area contributed by atoms with Gasteiger partial charge in [-0.05, 0) is 76.3 Å². The molecule has 0 spiro atoms. The summed E-state index contributed by atoms with van der Waals surface area (Å²) in [5.41, 5.74) is 1.30. The summed E-state index contributed by atoms with van der Waals surface area (Å²) in [6.45, 7) is 13.4. The summed E-state index contributed by atoms with van der Waals surface area (Å²) in [5.74, 6) is -0.586. The summed E-state index contributed by atoms with van der Waals surface area (Å²) in [7, 11) is 0. The minimum absolute atomic E-state index is 0.110. The van der Waals surface area contributed by atoms with Crippen LogP contribution >= 0.6 is 0 Å². The molecule has 0 heterocycles. The molecule has 8 heteroatoms. The van der Waals surface area contributed by atoms with Crippen molar-refractivity contribution in [1.29, 1.82) is 0 Å². The molecule has 3 unspecified atom stereocenters. The van der Waals surface area contributed by atoms with Gasteiger partial charge in [0.25, 0.3) is 0 Å². The molecule has 39 heavy (non-hydrogen) atoms. The second-order valence-corrected chi connectivity index (χ2v) is 11.0. The van der Waals surface area contributed by atoms with E-state index in [1.54, 1.807) is 44.7 Å². The van der Waals surface area contributed by atoms with E-state index in [0.717, 1.165) is 18.4 Å². The van der Waals surface area contributed by atoms with Gasteiger partial charge in [0.2, 0.25) is 11.8 Å². The summed E-state index contributed by atoms with van der Waals surface area (Å²) in [6.07, 6.45) is 1.83. The van der Waals surface area contributed by atoms with Crippen LogP contribution in [0.1, 0.15) is 83.5 Å². The number of hydrogen-bond acceptors (Lipinski definition) is 5.